The molecular weight excluding hydrogens is 1740 g/mol. The molecule has 44 heteroatoms. The number of carboxylic acid groups (broad SMARTS) is 2. The molecule has 0 saturated carbocycles. The summed E-state index contributed by atoms with van der Waals surface area (Å²) in [5.41, 5.74) is 26.5. The molecule has 2 heterocycles. The van der Waals surface area contributed by atoms with E-state index in [0.29, 0.717) is 33.8 Å². The van der Waals surface area contributed by atoms with Gasteiger partial charge in [0.05, 0.1) is 31.7 Å². The van der Waals surface area contributed by atoms with Crippen molar-refractivity contribution in [3.05, 3.63) is 126 Å². The number of nitrogens with one attached hydrogen (secondary N) is 16. The normalized spacial score (nSPS) is 23.3. The molecule has 14 atom stereocenters. The average molecular weight is 1860 g/mol. The molecule has 1 saturated heterocycles. The van der Waals surface area contributed by atoms with Crippen LogP contribution in [0.25, 0.3) is 22.0 Å². The number of primary amides is 2. The summed E-state index contributed by atoms with van der Waals surface area (Å²) < 4.78 is 5.27. The number of ether oxygens (including phenoxy) is 1. The summed E-state index contributed by atoms with van der Waals surface area (Å²) in [6.45, 7) is 11.9. The second kappa shape index (κ2) is 52.3. The number of para-hydroxylation sites is 1. The number of H-pyrrole nitrogens is 1. The first kappa shape index (κ1) is 107. The van der Waals surface area contributed by atoms with Crippen LogP contribution >= 0.6 is 11.8 Å². The average Bonchev–Trinajstić information content (AvgIpc) is 1.60. The molecule has 718 valence electrons. The van der Waals surface area contributed by atoms with Crippen LogP contribution in [0.4, 0.5) is 0 Å². The highest BCUT2D eigenvalue weighted by molar-refractivity contribution is 8.00. The van der Waals surface area contributed by atoms with E-state index in [-0.39, 0.29) is 30.6 Å². The largest absolute Gasteiger partial charge is 0.482 e. The van der Waals surface area contributed by atoms with Gasteiger partial charge in [-0.25, -0.2) is 4.79 Å². The van der Waals surface area contributed by atoms with Gasteiger partial charge in [-0.2, -0.15) is 0 Å². The number of nitrogens with two attached hydrogens (primary N) is 4. The van der Waals surface area contributed by atoms with E-state index in [1.165, 1.54) is 44.3 Å². The van der Waals surface area contributed by atoms with Gasteiger partial charge < -0.3 is 128 Å². The molecule has 1 aromatic heterocycles. The minimum absolute atomic E-state index is 0.0492. The highest BCUT2D eigenvalue weighted by atomic mass is 32.2. The minimum Gasteiger partial charge on any atom is -0.482 e. The van der Waals surface area contributed by atoms with Crippen molar-refractivity contribution < 1.29 is 111 Å². The van der Waals surface area contributed by atoms with Crippen LogP contribution in [0, 0.1) is 29.6 Å². The number of aliphatic hydroxyl groups is 1. The van der Waals surface area contributed by atoms with Gasteiger partial charge >= 0.3 is 11.9 Å². The van der Waals surface area contributed by atoms with Gasteiger partial charge in [-0.3, -0.25) is 86.3 Å². The van der Waals surface area contributed by atoms with Crippen LogP contribution < -0.4 is 107 Å². The van der Waals surface area contributed by atoms with E-state index in [1.807, 2.05) is 30.3 Å². The number of amides is 17. The lowest BCUT2D eigenvalue weighted by atomic mass is 9.97. The van der Waals surface area contributed by atoms with Crippen LogP contribution in [0.15, 0.2) is 109 Å². The van der Waals surface area contributed by atoms with Crippen LogP contribution in [-0.4, -0.2) is 262 Å². The zero-order valence-electron chi connectivity index (χ0n) is 75.0. The molecule has 27 N–H and O–H groups in total. The third-order valence-electron chi connectivity index (χ3n) is 20.9. The number of benzene rings is 4. The van der Waals surface area contributed by atoms with Crippen molar-refractivity contribution in [2.24, 2.45) is 52.5 Å². The SMILES string of the molecule is CC(C)C[C@@H]1NC(=O)[C@H](CC(N)=O)NC(=O)[C@@H](CC(C)C)NC(=O)[C@H](CN)NC(=O)[C@H](C(C)C)NC(=O)[C@H](Cc2ccc(-c3ccccc3)cc2)NC(=O)[C@H](C(C)C)NC(=O)[C@H](Cc2c[nH]c3ccccc23)NC(=O)[C@H](CC(=O)O)NC(=O)[C@H](Cc2ccc(OCC(=O)O)cc2)NC(=O)[C@H](CN)NC(=O)CSC[C@@H](C(=O)NCC(N)=O)NC(=O)[C@H](CO)NC(=O)[C@H](C(C)C)NC1=O. The van der Waals surface area contributed by atoms with Crippen molar-refractivity contribution in [1.82, 2.24) is 84.7 Å². The molecule has 6 rings (SSSR count). The number of aromatic amines is 1. The smallest absolute Gasteiger partial charge is 0.341 e. The fraction of sp³-hybridized carbons (Fsp3) is 0.489. The maximum atomic E-state index is 15.3. The van der Waals surface area contributed by atoms with Crippen LogP contribution in [-0.2, 0) is 110 Å². The molecule has 0 radical (unpaired) electrons. The molecule has 0 unspecified atom stereocenters. The Labute approximate surface area is 765 Å². The van der Waals surface area contributed by atoms with Crippen molar-refractivity contribution in [2.75, 3.05) is 44.4 Å². The Morgan fingerprint density at radius 2 is 0.803 bits per heavy atom. The number of carbonyl (C=O) groups excluding carboxylic acids is 17. The van der Waals surface area contributed by atoms with Crippen molar-refractivity contribution >= 4 is 135 Å². The fourth-order valence-corrected chi connectivity index (χ4v) is 14.7. The van der Waals surface area contributed by atoms with Gasteiger partial charge in [-0.1, -0.05) is 154 Å². The quantitative estimate of drug-likeness (QED) is 0.0237. The Balaban J connectivity index is 1.46. The molecule has 1 aliphatic rings. The number of rotatable bonds is 27. The number of hydrogen-bond acceptors (Lipinski definition) is 24. The zero-order chi connectivity index (χ0) is 97.9. The van der Waals surface area contributed by atoms with E-state index in [4.69, 9.17) is 27.7 Å². The van der Waals surface area contributed by atoms with Gasteiger partial charge in [-0.05, 0) is 88.4 Å². The van der Waals surface area contributed by atoms with Crippen molar-refractivity contribution in [3.63, 3.8) is 0 Å². The number of carbonyl (C=O) groups is 19. The summed E-state index contributed by atoms with van der Waals surface area (Å²) in [6.07, 6.45) is -2.01. The van der Waals surface area contributed by atoms with Crippen LogP contribution in [0.2, 0.25) is 0 Å². The number of carboxylic acids is 2. The topological polar surface area (TPSA) is 695 Å². The highest BCUT2D eigenvalue weighted by Crippen LogP contribution is 2.24. The number of aliphatic hydroxyl groups excluding tert-OH is 1. The molecule has 132 heavy (non-hydrogen) atoms. The standard InChI is InChI=1S/C88H122N20O23S/c1-43(2)28-56-76(118)100-61(33-67(91)110)78(120)96-57(29-44(3)4)80(122)106-74(47(9)10)88(130)104-65(39-109)85(127)105-66(75(117)94-38-68(92)111)41-132-42-69(112)95-63(35-89)83(125)98-58(31-49-22-26-53(27-23-49)131-40-71(115)116)77(119)101-62(34-70(113)114)79(121)99-60(32-52-37-93-55-19-15-14-18-54(52)55)82(124)108-72(45(5)6)86(128)102-59(30-48-20-24-51(25-21-48)50-16-12-11-13-17-50)81(123)107-73(46(7)8)87(129)103-64(36-90)84(126)97-56/h11-27,37,43-47,56-66,72-74,93,109H,28-36,38-42,89-90H2,1-10H3,(H2,91,110)(H2,92,111)(H,94,117)(H,95,112)(H,96,120)(H,97,126)(H,98,125)(H,99,121)(H,100,118)(H,101,119)(H,102,128)(H,103,129)(H,104,130)(H,105,127)(H,106,122)(H,107,123)(H,108,124)(H,113,114)(H,115,116)/t56-,57+,58+,59+,60+,61+,62+,63+,64+,65+,66+,72+,73+,74+/m1/s1. The Morgan fingerprint density at radius 3 is 1.27 bits per heavy atom. The molecule has 17 amide bonds. The minimum atomic E-state index is -2.11. The fourth-order valence-electron chi connectivity index (χ4n) is 13.9. The maximum absolute atomic E-state index is 15.3. The number of aliphatic carboxylic acids is 2. The van der Waals surface area contributed by atoms with Crippen molar-refractivity contribution in [3.8, 4) is 16.9 Å². The van der Waals surface area contributed by atoms with Crippen LogP contribution in [0.3, 0.4) is 0 Å². The second-order valence-corrected chi connectivity index (χ2v) is 34.7. The van der Waals surface area contributed by atoms with E-state index in [0.717, 1.165) is 11.1 Å². The lowest BCUT2D eigenvalue weighted by Crippen LogP contribution is -2.63. The molecule has 4 aromatic carbocycles. The molecule has 0 bridgehead atoms. The van der Waals surface area contributed by atoms with E-state index in [2.05, 4.69) is 84.7 Å². The lowest BCUT2D eigenvalue weighted by Gasteiger charge is -2.30. The molecule has 43 nitrogen and oxygen atoms in total. The van der Waals surface area contributed by atoms with Gasteiger partial charge in [0.2, 0.25) is 100 Å². The molecule has 5 aromatic rings. The van der Waals surface area contributed by atoms with Crippen LogP contribution in [0.5, 0.6) is 5.75 Å². The van der Waals surface area contributed by atoms with Gasteiger partial charge in [0, 0.05) is 55.2 Å². The van der Waals surface area contributed by atoms with E-state index < -0.39 is 297 Å². The van der Waals surface area contributed by atoms with Gasteiger partial charge in [-0.15, -0.1) is 11.8 Å². The Bertz CT molecular complexity index is 4900. The Kier molecular flexibility index (Phi) is 42.4. The van der Waals surface area contributed by atoms with Crippen LogP contribution in [0.1, 0.15) is 112 Å². The first-order chi connectivity index (χ1) is 62.4. The third-order valence-corrected chi connectivity index (χ3v) is 21.9. The number of aromatic nitrogens is 1. The monoisotopic (exact) mass is 1860 g/mol. The predicted molar refractivity (Wildman–Crippen MR) is 482 cm³/mol. The van der Waals surface area contributed by atoms with E-state index in [1.54, 1.807) is 104 Å². The zero-order valence-corrected chi connectivity index (χ0v) is 75.8. The molecule has 1 aliphatic heterocycles. The number of hydrogen-bond donors (Lipinski definition) is 23. The summed E-state index contributed by atoms with van der Waals surface area (Å²) in [5, 5.41) is 68.2. The Morgan fingerprint density at radius 1 is 0.417 bits per heavy atom. The van der Waals surface area contributed by atoms with E-state index >= 15 is 19.2 Å². The molecular formula is C88H122N20O23S. The summed E-state index contributed by atoms with van der Waals surface area (Å²) in [4.78, 5) is 271. The first-order valence-corrected chi connectivity index (χ1v) is 44.1. The van der Waals surface area contributed by atoms with Gasteiger partial charge in [0.15, 0.2) is 6.61 Å². The number of fused-ring (bicyclic) bond motifs is 1. The first-order valence-electron chi connectivity index (χ1n) is 42.9. The lowest BCUT2D eigenvalue weighted by molar-refractivity contribution is -0.142. The van der Waals surface area contributed by atoms with Crippen molar-refractivity contribution in [1.29, 1.82) is 0 Å². The number of thioether (sulfide) groups is 1. The maximum Gasteiger partial charge on any atom is 0.341 e. The molecule has 0 aliphatic carbocycles. The summed E-state index contributed by atoms with van der Waals surface area (Å²) in [7, 11) is 0. The second-order valence-electron chi connectivity index (χ2n) is 33.7. The molecule has 0 spiro atoms. The highest BCUT2D eigenvalue weighted by Gasteiger charge is 2.41. The molecule has 1 fully saturated rings. The third kappa shape index (κ3) is 34.3. The van der Waals surface area contributed by atoms with Crippen molar-refractivity contribution in [2.45, 2.75) is 199 Å². The predicted octanol–water partition coefficient (Wildman–Crippen LogP) is -4.22. The van der Waals surface area contributed by atoms with E-state index in [9.17, 15) is 87.2 Å². The summed E-state index contributed by atoms with van der Waals surface area (Å²) in [6, 6.07) is 4.44. The Hall–Kier alpha value is -13.6. The summed E-state index contributed by atoms with van der Waals surface area (Å²) in [5.74, 6) is -25.9. The summed E-state index contributed by atoms with van der Waals surface area (Å²) >= 11 is 0.643. The van der Waals surface area contributed by atoms with Gasteiger partial charge in [0.1, 0.15) is 90.3 Å². The van der Waals surface area contributed by atoms with Gasteiger partial charge in [0.25, 0.3) is 0 Å².